The van der Waals surface area contributed by atoms with Crippen molar-refractivity contribution in [3.8, 4) is 0 Å². The molecule has 0 bridgehead atoms. The molecule has 1 aliphatic rings. The smallest absolute Gasteiger partial charge is 0.0897 e. The Bertz CT molecular complexity index is 391. The van der Waals surface area contributed by atoms with Gasteiger partial charge in [0.05, 0.1) is 25.4 Å². The highest BCUT2D eigenvalue weighted by Crippen LogP contribution is 2.11. The van der Waals surface area contributed by atoms with Crippen LogP contribution < -0.4 is 5.32 Å². The van der Waals surface area contributed by atoms with Crippen molar-refractivity contribution in [3.63, 3.8) is 0 Å². The minimum absolute atomic E-state index is 0.224. The second-order valence-corrected chi connectivity index (χ2v) is 5.45. The summed E-state index contributed by atoms with van der Waals surface area (Å²) in [7, 11) is 0. The number of rotatable bonds is 8. The van der Waals surface area contributed by atoms with Gasteiger partial charge in [0.25, 0.3) is 0 Å². The largest absolute Gasteiger partial charge is 0.389 e. The molecule has 1 fully saturated rings. The highest BCUT2D eigenvalue weighted by Gasteiger charge is 2.15. The van der Waals surface area contributed by atoms with Crippen LogP contribution in [-0.4, -0.2) is 43.7 Å². The monoisotopic (exact) mass is 279 g/mol. The zero-order valence-electron chi connectivity index (χ0n) is 12.2. The summed E-state index contributed by atoms with van der Waals surface area (Å²) in [5.74, 6) is 0. The number of aliphatic hydroxyl groups excluding tert-OH is 1. The zero-order chi connectivity index (χ0) is 14.2. The standard InChI is InChI=1S/C16H25NO3/c1-13-4-2-5-14(8-13)9-17-10-15(18)11-19-12-16-6-3-7-20-16/h2,4-5,8,15-18H,3,6-7,9-12H2,1H3. The van der Waals surface area contributed by atoms with Gasteiger partial charge in [-0.2, -0.15) is 0 Å². The Hall–Kier alpha value is -0.940. The molecule has 1 heterocycles. The first kappa shape index (κ1) is 15.4. The molecule has 1 aliphatic heterocycles. The van der Waals surface area contributed by atoms with E-state index in [2.05, 4.69) is 30.4 Å². The number of nitrogens with one attached hydrogen (secondary N) is 1. The van der Waals surface area contributed by atoms with Crippen LogP contribution in [-0.2, 0) is 16.0 Å². The fraction of sp³-hybridized carbons (Fsp3) is 0.625. The molecule has 0 radical (unpaired) electrons. The summed E-state index contributed by atoms with van der Waals surface area (Å²) in [4.78, 5) is 0. The summed E-state index contributed by atoms with van der Waals surface area (Å²) in [5, 5.41) is 13.1. The number of benzene rings is 1. The maximum absolute atomic E-state index is 9.83. The van der Waals surface area contributed by atoms with Crippen molar-refractivity contribution in [2.24, 2.45) is 0 Å². The second-order valence-electron chi connectivity index (χ2n) is 5.45. The van der Waals surface area contributed by atoms with E-state index in [1.54, 1.807) is 0 Å². The number of aliphatic hydroxyl groups is 1. The molecule has 4 heteroatoms. The van der Waals surface area contributed by atoms with Crippen LogP contribution in [0.25, 0.3) is 0 Å². The molecule has 112 valence electrons. The average molecular weight is 279 g/mol. The molecule has 1 aromatic rings. The summed E-state index contributed by atoms with van der Waals surface area (Å²) in [5.41, 5.74) is 2.49. The van der Waals surface area contributed by atoms with Crippen molar-refractivity contribution >= 4 is 0 Å². The second kappa shape index (κ2) is 8.37. The molecule has 20 heavy (non-hydrogen) atoms. The predicted octanol–water partition coefficient (Wildman–Crippen LogP) is 1.64. The third-order valence-corrected chi connectivity index (χ3v) is 3.43. The fourth-order valence-corrected chi connectivity index (χ4v) is 2.38. The van der Waals surface area contributed by atoms with E-state index in [4.69, 9.17) is 9.47 Å². The van der Waals surface area contributed by atoms with Gasteiger partial charge in [-0.25, -0.2) is 0 Å². The van der Waals surface area contributed by atoms with Crippen molar-refractivity contribution in [3.05, 3.63) is 35.4 Å². The highest BCUT2D eigenvalue weighted by molar-refractivity contribution is 5.21. The summed E-state index contributed by atoms with van der Waals surface area (Å²) >= 11 is 0. The lowest BCUT2D eigenvalue weighted by molar-refractivity contribution is -0.0164. The number of aryl methyl sites for hydroxylation is 1. The van der Waals surface area contributed by atoms with Crippen molar-refractivity contribution in [1.82, 2.24) is 5.32 Å². The molecule has 2 atom stereocenters. The number of hydrogen-bond acceptors (Lipinski definition) is 4. The SMILES string of the molecule is Cc1cccc(CNCC(O)COCC2CCCO2)c1. The molecule has 2 N–H and O–H groups in total. The average Bonchev–Trinajstić information content (AvgIpc) is 2.92. The minimum atomic E-state index is -0.471. The molecular formula is C16H25NO3. The van der Waals surface area contributed by atoms with Gasteiger partial charge in [0.15, 0.2) is 0 Å². The molecule has 2 rings (SSSR count). The highest BCUT2D eigenvalue weighted by atomic mass is 16.5. The van der Waals surface area contributed by atoms with Gasteiger partial charge >= 0.3 is 0 Å². The van der Waals surface area contributed by atoms with Gasteiger partial charge in [-0.15, -0.1) is 0 Å². The molecule has 0 spiro atoms. The van der Waals surface area contributed by atoms with Crippen LogP contribution in [0.1, 0.15) is 24.0 Å². The van der Waals surface area contributed by atoms with Crippen molar-refractivity contribution in [2.75, 3.05) is 26.4 Å². The molecule has 2 unspecified atom stereocenters. The third-order valence-electron chi connectivity index (χ3n) is 3.43. The van der Waals surface area contributed by atoms with Crippen molar-refractivity contribution in [1.29, 1.82) is 0 Å². The van der Waals surface area contributed by atoms with Gasteiger partial charge in [-0.1, -0.05) is 29.8 Å². The van der Waals surface area contributed by atoms with Gasteiger partial charge in [-0.3, -0.25) is 0 Å². The lowest BCUT2D eigenvalue weighted by Crippen LogP contribution is -2.31. The van der Waals surface area contributed by atoms with Crippen LogP contribution in [0.15, 0.2) is 24.3 Å². The van der Waals surface area contributed by atoms with Crippen LogP contribution in [0, 0.1) is 6.92 Å². The van der Waals surface area contributed by atoms with E-state index < -0.39 is 6.10 Å². The molecule has 0 aromatic heterocycles. The molecule has 1 aromatic carbocycles. The molecular weight excluding hydrogens is 254 g/mol. The fourth-order valence-electron chi connectivity index (χ4n) is 2.38. The molecule has 0 amide bonds. The lowest BCUT2D eigenvalue weighted by atomic mass is 10.1. The molecule has 1 saturated heterocycles. The third kappa shape index (κ3) is 5.59. The van der Waals surface area contributed by atoms with Crippen molar-refractivity contribution < 1.29 is 14.6 Å². The van der Waals surface area contributed by atoms with E-state index in [1.165, 1.54) is 11.1 Å². The Balaban J connectivity index is 1.54. The maximum Gasteiger partial charge on any atom is 0.0897 e. The van der Waals surface area contributed by atoms with Crippen LogP contribution in [0.5, 0.6) is 0 Å². The van der Waals surface area contributed by atoms with E-state index >= 15 is 0 Å². The van der Waals surface area contributed by atoms with Gasteiger partial charge in [0, 0.05) is 19.7 Å². The number of ether oxygens (including phenoxy) is 2. The molecule has 4 nitrogen and oxygen atoms in total. The molecule has 0 aliphatic carbocycles. The first-order valence-corrected chi connectivity index (χ1v) is 7.37. The Morgan fingerprint density at radius 3 is 3.15 bits per heavy atom. The normalized spacial score (nSPS) is 20.2. The zero-order valence-corrected chi connectivity index (χ0v) is 12.2. The van der Waals surface area contributed by atoms with E-state index in [0.29, 0.717) is 19.8 Å². The van der Waals surface area contributed by atoms with Crippen LogP contribution in [0.3, 0.4) is 0 Å². The summed E-state index contributed by atoms with van der Waals surface area (Å²) < 4.78 is 10.9. The Labute approximate surface area is 121 Å². The summed E-state index contributed by atoms with van der Waals surface area (Å²) in [6.45, 7) is 5.19. The maximum atomic E-state index is 9.83. The Morgan fingerprint density at radius 1 is 1.50 bits per heavy atom. The first-order chi connectivity index (χ1) is 9.74. The summed E-state index contributed by atoms with van der Waals surface area (Å²) in [6, 6.07) is 8.36. The van der Waals surface area contributed by atoms with E-state index in [1.807, 2.05) is 6.07 Å². The van der Waals surface area contributed by atoms with E-state index in [9.17, 15) is 5.11 Å². The van der Waals surface area contributed by atoms with Gasteiger partial charge in [-0.05, 0) is 25.3 Å². The lowest BCUT2D eigenvalue weighted by Gasteiger charge is -2.14. The van der Waals surface area contributed by atoms with E-state index in [-0.39, 0.29) is 6.10 Å². The van der Waals surface area contributed by atoms with Crippen LogP contribution in [0.2, 0.25) is 0 Å². The quantitative estimate of drug-likeness (QED) is 0.759. The van der Waals surface area contributed by atoms with Gasteiger partial charge in [0.1, 0.15) is 0 Å². The Kier molecular flexibility index (Phi) is 6.47. The van der Waals surface area contributed by atoms with Crippen LogP contribution >= 0.6 is 0 Å². The predicted molar refractivity (Wildman–Crippen MR) is 78.7 cm³/mol. The number of hydrogen-bond donors (Lipinski definition) is 2. The minimum Gasteiger partial charge on any atom is -0.389 e. The first-order valence-electron chi connectivity index (χ1n) is 7.37. The van der Waals surface area contributed by atoms with Gasteiger partial charge < -0.3 is 19.9 Å². The Morgan fingerprint density at radius 2 is 2.40 bits per heavy atom. The van der Waals surface area contributed by atoms with Crippen molar-refractivity contribution in [2.45, 2.75) is 38.5 Å². The molecule has 0 saturated carbocycles. The van der Waals surface area contributed by atoms with Gasteiger partial charge in [0.2, 0.25) is 0 Å². The van der Waals surface area contributed by atoms with E-state index in [0.717, 1.165) is 26.0 Å². The van der Waals surface area contributed by atoms with Crippen LogP contribution in [0.4, 0.5) is 0 Å². The summed E-state index contributed by atoms with van der Waals surface area (Å²) in [6.07, 6.45) is 1.94. The topological polar surface area (TPSA) is 50.7 Å².